The molecule has 2 aliphatic heterocycles. The number of nitrogens with zero attached hydrogens (tertiary/aromatic N) is 2. The second kappa shape index (κ2) is 8.71. The number of carbonyl (C=O) groups excluding carboxylic acids is 1. The maximum atomic E-state index is 11.9. The average Bonchev–Trinajstić information content (AvgIpc) is 2.74. The maximum Gasteiger partial charge on any atom is 0.490 e. The molecule has 2 saturated heterocycles. The summed E-state index contributed by atoms with van der Waals surface area (Å²) >= 11 is 0. The molecule has 6 nitrogen and oxygen atoms in total. The van der Waals surface area contributed by atoms with Crippen molar-refractivity contribution in [3.05, 3.63) is 35.9 Å². The first-order chi connectivity index (χ1) is 12.6. The molecule has 9 heteroatoms. The summed E-state index contributed by atoms with van der Waals surface area (Å²) in [6, 6.07) is 10.5. The first-order valence-corrected chi connectivity index (χ1v) is 8.49. The summed E-state index contributed by atoms with van der Waals surface area (Å²) in [7, 11) is 1.89. The van der Waals surface area contributed by atoms with Crippen LogP contribution in [0.25, 0.3) is 0 Å². The quantitative estimate of drug-likeness (QED) is 0.839. The van der Waals surface area contributed by atoms with Crippen molar-refractivity contribution in [2.45, 2.75) is 19.1 Å². The van der Waals surface area contributed by atoms with Crippen LogP contribution in [-0.2, 0) is 20.9 Å². The third-order valence-electron chi connectivity index (χ3n) is 4.54. The zero-order valence-electron chi connectivity index (χ0n) is 15.0. The summed E-state index contributed by atoms with van der Waals surface area (Å²) in [4.78, 5) is 25.0. The van der Waals surface area contributed by atoms with E-state index in [1.807, 2.05) is 18.0 Å². The average molecular weight is 388 g/mol. The third kappa shape index (κ3) is 6.21. The molecule has 2 heterocycles. The largest absolute Gasteiger partial charge is 0.490 e. The fraction of sp³-hybridized carbons (Fsp3) is 0.556. The van der Waals surface area contributed by atoms with Crippen molar-refractivity contribution in [1.29, 1.82) is 0 Å². The molecule has 0 radical (unpaired) electrons. The maximum absolute atomic E-state index is 11.9. The number of ether oxygens (including phenoxy) is 1. The highest BCUT2D eigenvalue weighted by atomic mass is 19.4. The second-order valence-electron chi connectivity index (χ2n) is 6.98. The SMILES string of the molecule is CN1CC2(COCCN(Cc3ccccc3)C2)CC1=O.O=C(O)C(F)(F)F. The molecule has 0 saturated carbocycles. The zero-order valence-corrected chi connectivity index (χ0v) is 15.0. The summed E-state index contributed by atoms with van der Waals surface area (Å²) < 4.78 is 37.5. The Labute approximate surface area is 155 Å². The molecule has 0 bridgehead atoms. The van der Waals surface area contributed by atoms with Crippen molar-refractivity contribution < 1.29 is 32.6 Å². The van der Waals surface area contributed by atoms with Gasteiger partial charge in [0.2, 0.25) is 5.91 Å². The molecule has 1 unspecified atom stereocenters. The van der Waals surface area contributed by atoms with Crippen molar-refractivity contribution in [2.24, 2.45) is 5.41 Å². The molecule has 1 aromatic carbocycles. The first kappa shape index (κ1) is 21.2. The number of hydrogen-bond donors (Lipinski definition) is 1. The number of alkyl halides is 3. The van der Waals surface area contributed by atoms with Crippen LogP contribution >= 0.6 is 0 Å². The van der Waals surface area contributed by atoms with E-state index in [4.69, 9.17) is 14.6 Å². The second-order valence-corrected chi connectivity index (χ2v) is 6.98. The Morgan fingerprint density at radius 2 is 1.89 bits per heavy atom. The van der Waals surface area contributed by atoms with Gasteiger partial charge < -0.3 is 14.7 Å². The van der Waals surface area contributed by atoms with E-state index in [0.29, 0.717) is 13.0 Å². The number of carbonyl (C=O) groups is 2. The van der Waals surface area contributed by atoms with Crippen LogP contribution in [0, 0.1) is 5.41 Å². The van der Waals surface area contributed by atoms with Crippen LogP contribution in [-0.4, -0.2) is 72.9 Å². The topological polar surface area (TPSA) is 70.1 Å². The van der Waals surface area contributed by atoms with Gasteiger partial charge in [-0.1, -0.05) is 30.3 Å². The van der Waals surface area contributed by atoms with E-state index in [1.165, 1.54) is 5.56 Å². The fourth-order valence-corrected chi connectivity index (χ4v) is 3.36. The number of carboxylic acid groups (broad SMARTS) is 1. The van der Waals surface area contributed by atoms with Crippen LogP contribution in [0.5, 0.6) is 0 Å². The van der Waals surface area contributed by atoms with Crippen LogP contribution in [0.1, 0.15) is 12.0 Å². The summed E-state index contributed by atoms with van der Waals surface area (Å²) in [5, 5.41) is 7.12. The van der Waals surface area contributed by atoms with Gasteiger partial charge in [-0.2, -0.15) is 13.2 Å². The Morgan fingerprint density at radius 1 is 1.26 bits per heavy atom. The van der Waals surface area contributed by atoms with E-state index in [9.17, 15) is 18.0 Å². The Balaban J connectivity index is 0.000000321. The summed E-state index contributed by atoms with van der Waals surface area (Å²) in [6.45, 7) is 5.09. The summed E-state index contributed by atoms with van der Waals surface area (Å²) in [6.07, 6.45) is -4.46. The molecule has 1 amide bonds. The smallest absolute Gasteiger partial charge is 0.475 e. The van der Waals surface area contributed by atoms with Gasteiger partial charge in [0.15, 0.2) is 0 Å². The molecule has 1 N–H and O–H groups in total. The van der Waals surface area contributed by atoms with Crippen molar-refractivity contribution in [3.8, 4) is 0 Å². The number of aliphatic carboxylic acids is 1. The molecule has 1 spiro atoms. The number of amides is 1. The van der Waals surface area contributed by atoms with Crippen LogP contribution < -0.4 is 0 Å². The zero-order chi connectivity index (χ0) is 20.1. The highest BCUT2D eigenvalue weighted by Gasteiger charge is 2.44. The lowest BCUT2D eigenvalue weighted by atomic mass is 9.87. The van der Waals surface area contributed by atoms with Crippen LogP contribution in [0.3, 0.4) is 0 Å². The van der Waals surface area contributed by atoms with Crippen molar-refractivity contribution in [1.82, 2.24) is 9.80 Å². The van der Waals surface area contributed by atoms with E-state index < -0.39 is 12.1 Å². The van der Waals surface area contributed by atoms with Gasteiger partial charge in [0.25, 0.3) is 0 Å². The predicted molar refractivity (Wildman–Crippen MR) is 90.9 cm³/mol. The number of hydrogen-bond acceptors (Lipinski definition) is 4. The van der Waals surface area contributed by atoms with E-state index in [-0.39, 0.29) is 11.3 Å². The Hall–Kier alpha value is -2.13. The van der Waals surface area contributed by atoms with Gasteiger partial charge >= 0.3 is 12.1 Å². The van der Waals surface area contributed by atoms with Crippen LogP contribution in [0.15, 0.2) is 30.3 Å². The van der Waals surface area contributed by atoms with Crippen LogP contribution in [0.4, 0.5) is 13.2 Å². The Bertz CT molecular complexity index is 654. The van der Waals surface area contributed by atoms with Gasteiger partial charge in [-0.15, -0.1) is 0 Å². The lowest BCUT2D eigenvalue weighted by molar-refractivity contribution is -0.192. The minimum atomic E-state index is -5.08. The number of likely N-dealkylation sites (tertiary alicyclic amines) is 1. The van der Waals surface area contributed by atoms with Crippen molar-refractivity contribution in [2.75, 3.05) is 39.9 Å². The monoisotopic (exact) mass is 388 g/mol. The molecule has 2 aliphatic rings. The summed E-state index contributed by atoms with van der Waals surface area (Å²) in [5.74, 6) is -2.51. The minimum Gasteiger partial charge on any atom is -0.475 e. The highest BCUT2D eigenvalue weighted by molar-refractivity contribution is 5.79. The molecular weight excluding hydrogens is 365 g/mol. The molecule has 27 heavy (non-hydrogen) atoms. The number of halogens is 3. The molecule has 2 fully saturated rings. The van der Waals surface area contributed by atoms with Gasteiger partial charge in [0, 0.05) is 45.1 Å². The van der Waals surface area contributed by atoms with Gasteiger partial charge in [-0.25, -0.2) is 4.79 Å². The van der Waals surface area contributed by atoms with Gasteiger partial charge in [0.05, 0.1) is 13.2 Å². The molecule has 1 aromatic rings. The van der Waals surface area contributed by atoms with Gasteiger partial charge in [-0.05, 0) is 5.56 Å². The van der Waals surface area contributed by atoms with Crippen LogP contribution in [0.2, 0.25) is 0 Å². The lowest BCUT2D eigenvalue weighted by Gasteiger charge is -2.30. The standard InChI is InChI=1S/C16H22N2O2.C2HF3O2/c1-17-11-16(9-15(17)19)12-18(7-8-20-13-16)10-14-5-3-2-4-6-14;3-2(4,5)1(6)7/h2-6H,7-13H2,1H3;(H,6,7). The Morgan fingerprint density at radius 3 is 2.41 bits per heavy atom. The van der Waals surface area contributed by atoms with E-state index in [0.717, 1.165) is 32.8 Å². The van der Waals surface area contributed by atoms with E-state index >= 15 is 0 Å². The lowest BCUT2D eigenvalue weighted by Crippen LogP contribution is -2.40. The van der Waals surface area contributed by atoms with E-state index in [2.05, 4.69) is 29.2 Å². The third-order valence-corrected chi connectivity index (χ3v) is 4.54. The number of carboxylic acids is 1. The molecule has 0 aliphatic carbocycles. The van der Waals surface area contributed by atoms with Crippen molar-refractivity contribution >= 4 is 11.9 Å². The molecule has 1 atom stereocenters. The summed E-state index contributed by atoms with van der Waals surface area (Å²) in [5.41, 5.74) is 1.30. The number of rotatable bonds is 2. The first-order valence-electron chi connectivity index (χ1n) is 8.49. The van der Waals surface area contributed by atoms with E-state index in [1.54, 1.807) is 0 Å². The fourth-order valence-electron chi connectivity index (χ4n) is 3.36. The van der Waals surface area contributed by atoms with Crippen molar-refractivity contribution in [3.63, 3.8) is 0 Å². The van der Waals surface area contributed by atoms with Gasteiger partial charge in [0.1, 0.15) is 0 Å². The number of benzene rings is 1. The highest BCUT2D eigenvalue weighted by Crippen LogP contribution is 2.33. The van der Waals surface area contributed by atoms with Gasteiger partial charge in [-0.3, -0.25) is 9.69 Å². The molecular formula is C18H23F3N2O4. The predicted octanol–water partition coefficient (Wildman–Crippen LogP) is 2.00. The molecule has 3 rings (SSSR count). The molecule has 150 valence electrons. The molecule has 0 aromatic heterocycles. The normalized spacial score (nSPS) is 23.7. The minimum absolute atomic E-state index is 0.0168. The Kier molecular flexibility index (Phi) is 6.83.